The molecule has 0 radical (unpaired) electrons. The Morgan fingerprint density at radius 3 is 1.86 bits per heavy atom. The van der Waals surface area contributed by atoms with Crippen molar-refractivity contribution in [1.82, 2.24) is 15.3 Å². The third-order valence-electron chi connectivity index (χ3n) is 5.63. The van der Waals surface area contributed by atoms with Crippen LogP contribution in [0.1, 0.15) is 26.5 Å². The predicted molar refractivity (Wildman–Crippen MR) is 135 cm³/mol. The van der Waals surface area contributed by atoms with Gasteiger partial charge < -0.3 is 20.6 Å². The fraction of sp³-hybridized carbons (Fsp3) is 0.0370. The molecule has 4 N–H and O–H groups in total. The van der Waals surface area contributed by atoms with Gasteiger partial charge in [-0.15, -0.1) is 0 Å². The summed E-state index contributed by atoms with van der Waals surface area (Å²) in [5.41, 5.74) is 0.897. The number of aromatic nitrogens is 2. The first-order chi connectivity index (χ1) is 17.0. The molecule has 0 bridgehead atoms. The molecule has 0 atom stereocenters. The quantitative estimate of drug-likeness (QED) is 0.318. The predicted octanol–water partition coefficient (Wildman–Crippen LogP) is 3.55. The number of pyridine rings is 2. The van der Waals surface area contributed by atoms with Gasteiger partial charge in [0.25, 0.3) is 22.9 Å². The van der Waals surface area contributed by atoms with E-state index < -0.39 is 11.8 Å². The Hall–Kier alpha value is -4.98. The van der Waals surface area contributed by atoms with Gasteiger partial charge in [-0.25, -0.2) is 0 Å². The molecule has 0 saturated carbocycles. The zero-order chi connectivity index (χ0) is 24.4. The second kappa shape index (κ2) is 9.11. The summed E-state index contributed by atoms with van der Waals surface area (Å²) in [6.07, 6.45) is 0. The highest BCUT2D eigenvalue weighted by Crippen LogP contribution is 2.15. The second-order valence-corrected chi connectivity index (χ2v) is 8.04. The first-order valence-corrected chi connectivity index (χ1v) is 10.9. The molecule has 2 heterocycles. The van der Waals surface area contributed by atoms with Gasteiger partial charge in [0, 0.05) is 23.0 Å². The van der Waals surface area contributed by atoms with Crippen LogP contribution in [-0.2, 0) is 6.54 Å². The number of nitrogens with one attached hydrogen (secondary N) is 4. The van der Waals surface area contributed by atoms with Gasteiger partial charge in [0.1, 0.15) is 11.4 Å². The van der Waals surface area contributed by atoms with Crippen LogP contribution in [0.3, 0.4) is 0 Å². The molecule has 0 fully saturated rings. The first-order valence-electron chi connectivity index (χ1n) is 10.9. The molecule has 8 nitrogen and oxygen atoms in total. The van der Waals surface area contributed by atoms with E-state index >= 15 is 0 Å². The molecule has 2 amide bonds. The Balaban J connectivity index is 1.29. The van der Waals surface area contributed by atoms with Gasteiger partial charge in [-0.2, -0.15) is 0 Å². The highest BCUT2D eigenvalue weighted by Gasteiger charge is 2.12. The molecule has 0 aliphatic carbocycles. The zero-order valence-corrected chi connectivity index (χ0v) is 18.4. The lowest BCUT2D eigenvalue weighted by Gasteiger charge is -2.10. The third-order valence-corrected chi connectivity index (χ3v) is 5.63. The third kappa shape index (κ3) is 4.58. The van der Waals surface area contributed by atoms with Gasteiger partial charge in [-0.3, -0.25) is 19.2 Å². The Labute approximate surface area is 198 Å². The van der Waals surface area contributed by atoms with E-state index in [9.17, 15) is 19.2 Å². The molecule has 8 heteroatoms. The number of rotatable bonds is 5. The van der Waals surface area contributed by atoms with Gasteiger partial charge in [0.15, 0.2) is 0 Å². The highest BCUT2D eigenvalue weighted by molar-refractivity contribution is 6.04. The number of carbonyl (C=O) groups excluding carboxylic acids is 2. The van der Waals surface area contributed by atoms with Crippen LogP contribution in [0.2, 0.25) is 0 Å². The van der Waals surface area contributed by atoms with Gasteiger partial charge in [-0.1, -0.05) is 48.5 Å². The number of benzene rings is 3. The maximum atomic E-state index is 12.7. The molecule has 0 aliphatic rings. The number of aromatic amines is 2. The minimum absolute atomic E-state index is 0.146. The number of fused-ring (bicyclic) bond motifs is 2. The fourth-order valence-electron chi connectivity index (χ4n) is 3.90. The van der Waals surface area contributed by atoms with Crippen molar-refractivity contribution in [3.8, 4) is 0 Å². The van der Waals surface area contributed by atoms with Gasteiger partial charge in [-0.05, 0) is 52.7 Å². The lowest BCUT2D eigenvalue weighted by atomic mass is 10.1. The SMILES string of the molecule is O=C(NCc1cccc(NC(=O)c2cc3ccccc3c(=O)[nH]2)c1)c1cc2ccccc2c(=O)[nH]1. The lowest BCUT2D eigenvalue weighted by molar-refractivity contribution is 0.0945. The molecule has 0 aliphatic heterocycles. The summed E-state index contributed by atoms with van der Waals surface area (Å²) < 4.78 is 0. The van der Waals surface area contributed by atoms with Crippen molar-refractivity contribution >= 4 is 39.0 Å². The molecule has 3 aromatic carbocycles. The van der Waals surface area contributed by atoms with Crippen molar-refractivity contribution in [2.24, 2.45) is 0 Å². The average molecular weight is 464 g/mol. The maximum absolute atomic E-state index is 12.7. The number of H-pyrrole nitrogens is 2. The van der Waals surface area contributed by atoms with E-state index in [-0.39, 0.29) is 29.1 Å². The summed E-state index contributed by atoms with van der Waals surface area (Å²) in [4.78, 5) is 55.1. The van der Waals surface area contributed by atoms with Gasteiger partial charge in [0.2, 0.25) is 0 Å². The van der Waals surface area contributed by atoms with Crippen LogP contribution >= 0.6 is 0 Å². The molecule has 35 heavy (non-hydrogen) atoms. The van der Waals surface area contributed by atoms with Crippen molar-refractivity contribution in [2.45, 2.75) is 6.54 Å². The minimum Gasteiger partial charge on any atom is -0.347 e. The van der Waals surface area contributed by atoms with Crippen LogP contribution in [-0.4, -0.2) is 21.8 Å². The van der Waals surface area contributed by atoms with Crippen LogP contribution in [0.4, 0.5) is 5.69 Å². The second-order valence-electron chi connectivity index (χ2n) is 8.04. The van der Waals surface area contributed by atoms with Gasteiger partial charge in [0.05, 0.1) is 0 Å². The van der Waals surface area contributed by atoms with Crippen molar-refractivity contribution in [3.63, 3.8) is 0 Å². The molecule has 0 unspecified atom stereocenters. The van der Waals surface area contributed by atoms with E-state index in [0.717, 1.165) is 5.56 Å². The molecule has 172 valence electrons. The largest absolute Gasteiger partial charge is 0.347 e. The molecular weight excluding hydrogens is 444 g/mol. The molecule has 0 saturated heterocycles. The monoisotopic (exact) mass is 464 g/mol. The standard InChI is InChI=1S/C27H20N4O4/c32-24-20-10-3-1-7-17(20)13-22(30-24)26(34)28-15-16-6-5-9-19(12-16)29-27(35)23-14-18-8-2-4-11-21(18)25(33)31-23/h1-14H,15H2,(H,28,34)(H,29,35)(H,30,32)(H,31,33). The molecule has 5 rings (SSSR count). The highest BCUT2D eigenvalue weighted by atomic mass is 16.2. The average Bonchev–Trinajstić information content (AvgIpc) is 2.87. The minimum atomic E-state index is -0.456. The van der Waals surface area contributed by atoms with Crippen molar-refractivity contribution in [1.29, 1.82) is 0 Å². The summed E-state index contributed by atoms with van der Waals surface area (Å²) in [7, 11) is 0. The summed E-state index contributed by atoms with van der Waals surface area (Å²) in [5.74, 6) is -0.876. The first kappa shape index (κ1) is 21.8. The Kier molecular flexibility index (Phi) is 5.68. The van der Waals surface area contributed by atoms with E-state index in [2.05, 4.69) is 20.6 Å². The number of hydrogen-bond acceptors (Lipinski definition) is 4. The van der Waals surface area contributed by atoms with E-state index in [1.54, 1.807) is 84.9 Å². The maximum Gasteiger partial charge on any atom is 0.272 e. The normalized spacial score (nSPS) is 10.9. The Morgan fingerprint density at radius 1 is 0.657 bits per heavy atom. The van der Waals surface area contributed by atoms with E-state index in [1.807, 2.05) is 0 Å². The summed E-state index contributed by atoms with van der Waals surface area (Å²) in [6, 6.07) is 24.3. The fourth-order valence-corrected chi connectivity index (χ4v) is 3.90. The van der Waals surface area contributed by atoms with Crippen LogP contribution in [0.5, 0.6) is 0 Å². The van der Waals surface area contributed by atoms with E-state index in [0.29, 0.717) is 27.2 Å². The Bertz CT molecular complexity index is 1720. The zero-order valence-electron chi connectivity index (χ0n) is 18.4. The van der Waals surface area contributed by atoms with E-state index in [4.69, 9.17) is 0 Å². The van der Waals surface area contributed by atoms with Crippen LogP contribution in [0.25, 0.3) is 21.5 Å². The van der Waals surface area contributed by atoms with E-state index in [1.165, 1.54) is 0 Å². The number of anilines is 1. The lowest BCUT2D eigenvalue weighted by Crippen LogP contribution is -2.26. The summed E-state index contributed by atoms with van der Waals surface area (Å²) in [5, 5.41) is 7.92. The van der Waals surface area contributed by atoms with Crippen LogP contribution in [0.15, 0.2) is 94.5 Å². The van der Waals surface area contributed by atoms with Crippen molar-refractivity contribution in [2.75, 3.05) is 5.32 Å². The number of amides is 2. The smallest absolute Gasteiger partial charge is 0.272 e. The van der Waals surface area contributed by atoms with Crippen LogP contribution < -0.4 is 21.8 Å². The van der Waals surface area contributed by atoms with Crippen molar-refractivity contribution in [3.05, 3.63) is 123 Å². The number of carbonyl (C=O) groups is 2. The topological polar surface area (TPSA) is 124 Å². The summed E-state index contributed by atoms with van der Waals surface area (Å²) >= 11 is 0. The number of hydrogen-bond donors (Lipinski definition) is 4. The van der Waals surface area contributed by atoms with Crippen molar-refractivity contribution < 1.29 is 9.59 Å². The molecule has 2 aromatic heterocycles. The molecule has 0 spiro atoms. The molecule has 5 aromatic rings. The van der Waals surface area contributed by atoms with Crippen LogP contribution in [0, 0.1) is 0 Å². The van der Waals surface area contributed by atoms with Gasteiger partial charge >= 0.3 is 0 Å². The Morgan fingerprint density at radius 2 is 1.23 bits per heavy atom. The molecular formula is C27H20N4O4. The summed E-state index contributed by atoms with van der Waals surface area (Å²) in [6.45, 7) is 0.185.